The number of hydrogen-bond donors (Lipinski definition) is 1. The summed E-state index contributed by atoms with van der Waals surface area (Å²) in [6.07, 6.45) is 4.01. The van der Waals surface area contributed by atoms with Gasteiger partial charge in [-0.1, -0.05) is 19.9 Å². The van der Waals surface area contributed by atoms with E-state index in [4.69, 9.17) is 9.47 Å². The zero-order chi connectivity index (χ0) is 25.7. The molecule has 2 saturated heterocycles. The Kier molecular flexibility index (Phi) is 8.38. The molecule has 2 aromatic rings. The van der Waals surface area contributed by atoms with E-state index in [1.807, 2.05) is 13.0 Å². The number of ether oxygens (including phenoxy) is 2. The van der Waals surface area contributed by atoms with Gasteiger partial charge in [0.1, 0.15) is 11.5 Å². The maximum atomic E-state index is 13.2. The lowest BCUT2D eigenvalue weighted by Gasteiger charge is -2.29. The zero-order valence-corrected chi connectivity index (χ0v) is 21.3. The van der Waals surface area contributed by atoms with E-state index in [1.165, 1.54) is 0 Å². The highest BCUT2D eigenvalue weighted by Crippen LogP contribution is 2.39. The summed E-state index contributed by atoms with van der Waals surface area (Å²) in [4.78, 5) is 34.4. The Hall–Kier alpha value is -3.23. The maximum absolute atomic E-state index is 13.2. The van der Waals surface area contributed by atoms with Gasteiger partial charge in [0.05, 0.1) is 31.4 Å². The number of likely N-dealkylation sites (tertiary alicyclic amines) is 1. The van der Waals surface area contributed by atoms with Gasteiger partial charge in [-0.2, -0.15) is 0 Å². The molecule has 4 rings (SSSR count). The fourth-order valence-corrected chi connectivity index (χ4v) is 4.65. The smallest absolute Gasteiger partial charge is 0.295 e. The second kappa shape index (κ2) is 11.7. The summed E-state index contributed by atoms with van der Waals surface area (Å²) < 4.78 is 11.3. The van der Waals surface area contributed by atoms with Crippen molar-refractivity contribution in [2.45, 2.75) is 33.2 Å². The summed E-state index contributed by atoms with van der Waals surface area (Å²) >= 11 is 0. The first-order valence-corrected chi connectivity index (χ1v) is 12.6. The Bertz CT molecular complexity index is 1110. The third kappa shape index (κ3) is 5.77. The molecule has 0 spiro atoms. The molecule has 3 heterocycles. The Morgan fingerprint density at radius 1 is 1.19 bits per heavy atom. The number of carbonyl (C=O) groups is 2. The Balaban J connectivity index is 1.63. The third-order valence-electron chi connectivity index (χ3n) is 6.54. The van der Waals surface area contributed by atoms with Crippen molar-refractivity contribution < 1.29 is 24.2 Å². The summed E-state index contributed by atoms with van der Waals surface area (Å²) in [6.45, 7) is 11.0. The molecule has 192 valence electrons. The van der Waals surface area contributed by atoms with E-state index in [0.29, 0.717) is 49.8 Å². The van der Waals surface area contributed by atoms with Gasteiger partial charge in [-0.25, -0.2) is 0 Å². The van der Waals surface area contributed by atoms with Crippen LogP contribution in [0.25, 0.3) is 5.76 Å². The van der Waals surface area contributed by atoms with Crippen LogP contribution in [0.4, 0.5) is 0 Å². The number of amides is 1. The van der Waals surface area contributed by atoms with Crippen LogP contribution in [0.2, 0.25) is 0 Å². The van der Waals surface area contributed by atoms with Crippen molar-refractivity contribution in [3.63, 3.8) is 0 Å². The molecule has 0 radical (unpaired) electrons. The van der Waals surface area contributed by atoms with Gasteiger partial charge in [0.2, 0.25) is 0 Å². The van der Waals surface area contributed by atoms with Crippen molar-refractivity contribution in [3.05, 3.63) is 65.0 Å². The lowest BCUT2D eigenvalue weighted by Crippen LogP contribution is -2.39. The number of aliphatic hydroxyl groups is 1. The molecular weight excluding hydrogens is 458 g/mol. The number of nitrogens with zero attached hydrogens (tertiary/aromatic N) is 3. The van der Waals surface area contributed by atoms with Crippen LogP contribution < -0.4 is 4.74 Å². The van der Waals surface area contributed by atoms with Crippen molar-refractivity contribution in [2.75, 3.05) is 46.0 Å². The number of carbonyl (C=O) groups excluding carboxylic acids is 2. The molecule has 2 aliphatic rings. The molecule has 0 unspecified atom stereocenters. The number of hydrogen-bond acceptors (Lipinski definition) is 7. The summed E-state index contributed by atoms with van der Waals surface area (Å²) in [7, 11) is 0. The first kappa shape index (κ1) is 25.9. The number of Topliss-reactive ketones (excluding diaryl/α,β-unsaturated/α-hetero) is 1. The predicted molar refractivity (Wildman–Crippen MR) is 137 cm³/mol. The average Bonchev–Trinajstić information content (AvgIpc) is 3.13. The molecule has 8 heteroatoms. The SMILES string of the molecule is Cc1cc(/C(O)=C2\C(=O)C(=O)N(CCCN3CCOCC3)[C@H]2c2cccnc2)ccc1OCC(C)C. The Morgan fingerprint density at radius 3 is 2.64 bits per heavy atom. The number of aromatic nitrogens is 1. The van der Waals surface area contributed by atoms with E-state index in [2.05, 4.69) is 23.7 Å². The lowest BCUT2D eigenvalue weighted by atomic mass is 9.95. The van der Waals surface area contributed by atoms with Gasteiger partial charge in [-0.05, 0) is 54.7 Å². The number of aryl methyl sites for hydroxylation is 1. The number of pyridine rings is 1. The zero-order valence-electron chi connectivity index (χ0n) is 21.3. The number of morpholine rings is 1. The van der Waals surface area contributed by atoms with Gasteiger partial charge >= 0.3 is 0 Å². The standard InChI is InChI=1S/C28H35N3O5/c1-19(2)18-36-23-8-7-21(16-20(23)3)26(32)24-25(22-6-4-9-29-17-22)31(28(34)27(24)33)11-5-10-30-12-14-35-15-13-30/h4,6-9,16-17,19,25,32H,5,10-15,18H2,1-3H3/b26-24+/t25-/m0/s1. The molecule has 0 bridgehead atoms. The molecule has 1 N–H and O–H groups in total. The van der Waals surface area contributed by atoms with Crippen LogP contribution in [0, 0.1) is 12.8 Å². The fraction of sp³-hybridized carbons (Fsp3) is 0.464. The minimum absolute atomic E-state index is 0.0922. The highest BCUT2D eigenvalue weighted by atomic mass is 16.5. The minimum Gasteiger partial charge on any atom is -0.507 e. The van der Waals surface area contributed by atoms with Crippen LogP contribution in [0.3, 0.4) is 0 Å². The largest absolute Gasteiger partial charge is 0.507 e. The van der Waals surface area contributed by atoms with E-state index in [1.54, 1.807) is 41.6 Å². The highest BCUT2D eigenvalue weighted by Gasteiger charge is 2.46. The first-order valence-electron chi connectivity index (χ1n) is 12.6. The number of benzene rings is 1. The summed E-state index contributed by atoms with van der Waals surface area (Å²) in [6, 6.07) is 8.22. The molecule has 8 nitrogen and oxygen atoms in total. The van der Waals surface area contributed by atoms with E-state index in [-0.39, 0.29) is 11.3 Å². The normalized spacial score (nSPS) is 20.3. The first-order chi connectivity index (χ1) is 17.4. The molecule has 0 aliphatic carbocycles. The number of aliphatic hydroxyl groups excluding tert-OH is 1. The molecule has 2 aliphatic heterocycles. The van der Waals surface area contributed by atoms with Crippen LogP contribution in [-0.4, -0.2) is 77.6 Å². The molecule has 1 aromatic heterocycles. The number of rotatable bonds is 9. The van der Waals surface area contributed by atoms with Crippen molar-refractivity contribution in [3.8, 4) is 5.75 Å². The number of ketones is 1. The molecule has 0 saturated carbocycles. The van der Waals surface area contributed by atoms with Crippen LogP contribution in [0.1, 0.15) is 43.0 Å². The molecule has 36 heavy (non-hydrogen) atoms. The van der Waals surface area contributed by atoms with Gasteiger partial charge in [-0.3, -0.25) is 19.5 Å². The van der Waals surface area contributed by atoms with E-state index < -0.39 is 17.7 Å². The van der Waals surface area contributed by atoms with Crippen LogP contribution in [0.15, 0.2) is 48.3 Å². The third-order valence-corrected chi connectivity index (χ3v) is 6.54. The Morgan fingerprint density at radius 2 is 1.97 bits per heavy atom. The molecular formula is C28H35N3O5. The molecule has 1 aromatic carbocycles. The quantitative estimate of drug-likeness (QED) is 0.324. The summed E-state index contributed by atoms with van der Waals surface area (Å²) in [5.74, 6) is -0.341. The topological polar surface area (TPSA) is 92.2 Å². The van der Waals surface area contributed by atoms with Crippen LogP contribution in [-0.2, 0) is 14.3 Å². The van der Waals surface area contributed by atoms with Gasteiger partial charge in [0.25, 0.3) is 11.7 Å². The maximum Gasteiger partial charge on any atom is 0.295 e. The second-order valence-corrected chi connectivity index (χ2v) is 9.77. The molecule has 2 fully saturated rings. The summed E-state index contributed by atoms with van der Waals surface area (Å²) in [5, 5.41) is 11.3. The fourth-order valence-electron chi connectivity index (χ4n) is 4.65. The van der Waals surface area contributed by atoms with Crippen molar-refractivity contribution in [2.24, 2.45) is 5.92 Å². The van der Waals surface area contributed by atoms with Crippen molar-refractivity contribution in [1.29, 1.82) is 0 Å². The minimum atomic E-state index is -0.694. The van der Waals surface area contributed by atoms with Crippen LogP contribution >= 0.6 is 0 Å². The molecule has 1 amide bonds. The van der Waals surface area contributed by atoms with Gasteiger partial charge in [0.15, 0.2) is 0 Å². The Labute approximate surface area is 212 Å². The van der Waals surface area contributed by atoms with Gasteiger partial charge < -0.3 is 19.5 Å². The monoisotopic (exact) mass is 493 g/mol. The second-order valence-electron chi connectivity index (χ2n) is 9.77. The average molecular weight is 494 g/mol. The van der Waals surface area contributed by atoms with E-state index >= 15 is 0 Å². The highest BCUT2D eigenvalue weighted by molar-refractivity contribution is 6.46. The van der Waals surface area contributed by atoms with Crippen molar-refractivity contribution in [1.82, 2.24) is 14.8 Å². The summed E-state index contributed by atoms with van der Waals surface area (Å²) in [5.41, 5.74) is 2.11. The lowest BCUT2D eigenvalue weighted by molar-refractivity contribution is -0.140. The predicted octanol–water partition coefficient (Wildman–Crippen LogP) is 3.57. The van der Waals surface area contributed by atoms with Crippen molar-refractivity contribution >= 4 is 17.4 Å². The van der Waals surface area contributed by atoms with Gasteiger partial charge in [-0.15, -0.1) is 0 Å². The molecule has 1 atom stereocenters. The van der Waals surface area contributed by atoms with E-state index in [0.717, 1.165) is 30.9 Å². The van der Waals surface area contributed by atoms with Crippen LogP contribution in [0.5, 0.6) is 5.75 Å². The van der Waals surface area contributed by atoms with Gasteiger partial charge in [0, 0.05) is 44.1 Å². The van der Waals surface area contributed by atoms with E-state index in [9.17, 15) is 14.7 Å².